The van der Waals surface area contributed by atoms with E-state index in [-0.39, 0.29) is 18.9 Å². The Morgan fingerprint density at radius 1 is 1.00 bits per heavy atom. The first-order chi connectivity index (χ1) is 14.9. The monoisotopic (exact) mass is 426 g/mol. The van der Waals surface area contributed by atoms with Gasteiger partial charge in [-0.05, 0) is 28.7 Å². The Labute approximate surface area is 180 Å². The lowest BCUT2D eigenvalue weighted by atomic mass is 9.98. The largest absolute Gasteiger partial charge is 0.480 e. The maximum atomic E-state index is 12.4. The molecule has 1 aliphatic carbocycles. The van der Waals surface area contributed by atoms with Crippen molar-refractivity contribution < 1.29 is 29.3 Å². The third-order valence-corrected chi connectivity index (χ3v) is 5.41. The Bertz CT molecular complexity index is 915. The van der Waals surface area contributed by atoms with Crippen molar-refractivity contribution in [2.75, 3.05) is 13.2 Å². The molecule has 0 unspecified atom stereocenters. The van der Waals surface area contributed by atoms with Gasteiger partial charge in [-0.2, -0.15) is 0 Å². The van der Waals surface area contributed by atoms with Crippen LogP contribution in [0.2, 0.25) is 0 Å². The van der Waals surface area contributed by atoms with Gasteiger partial charge in [0.15, 0.2) is 0 Å². The van der Waals surface area contributed by atoms with Gasteiger partial charge < -0.3 is 25.6 Å². The molecule has 1 aliphatic rings. The summed E-state index contributed by atoms with van der Waals surface area (Å²) in [5, 5.41) is 22.8. The number of carbonyl (C=O) groups is 3. The summed E-state index contributed by atoms with van der Waals surface area (Å²) >= 11 is 0. The molecule has 8 nitrogen and oxygen atoms in total. The minimum absolute atomic E-state index is 0.0672. The molecule has 2 amide bonds. The van der Waals surface area contributed by atoms with E-state index in [4.69, 9.17) is 14.9 Å². The number of carbonyl (C=O) groups excluding carboxylic acids is 2. The third kappa shape index (κ3) is 5.21. The Morgan fingerprint density at radius 3 is 2.10 bits per heavy atom. The summed E-state index contributed by atoms with van der Waals surface area (Å²) in [6.07, 6.45) is -0.308. The van der Waals surface area contributed by atoms with E-state index in [1.165, 1.54) is 0 Å². The molecule has 8 heteroatoms. The number of aliphatic hydroxyl groups is 1. The molecule has 0 saturated heterocycles. The Hall–Kier alpha value is -3.39. The van der Waals surface area contributed by atoms with E-state index in [9.17, 15) is 14.4 Å². The van der Waals surface area contributed by atoms with Crippen LogP contribution in [0.3, 0.4) is 0 Å². The van der Waals surface area contributed by atoms with Gasteiger partial charge in [0.2, 0.25) is 5.91 Å². The fraction of sp³-hybridized carbons (Fsp3) is 0.348. The van der Waals surface area contributed by atoms with Gasteiger partial charge in [0.05, 0.1) is 6.61 Å². The molecule has 2 aromatic carbocycles. The Kier molecular flexibility index (Phi) is 7.25. The van der Waals surface area contributed by atoms with E-state index in [0.29, 0.717) is 6.42 Å². The Balaban J connectivity index is 1.57. The molecule has 3 rings (SSSR count). The van der Waals surface area contributed by atoms with Gasteiger partial charge in [-0.1, -0.05) is 55.5 Å². The van der Waals surface area contributed by atoms with E-state index in [0.717, 1.165) is 22.3 Å². The predicted octanol–water partition coefficient (Wildman–Crippen LogP) is 2.26. The first-order valence-electron chi connectivity index (χ1n) is 10.2. The average Bonchev–Trinajstić information content (AvgIpc) is 3.09. The van der Waals surface area contributed by atoms with E-state index < -0.39 is 36.7 Å². The highest BCUT2D eigenvalue weighted by atomic mass is 16.5. The molecule has 31 heavy (non-hydrogen) atoms. The number of carboxylic acid groups (broad SMARTS) is 1. The quantitative estimate of drug-likeness (QED) is 0.487. The number of rotatable bonds is 9. The van der Waals surface area contributed by atoms with Crippen LogP contribution in [0.5, 0.6) is 0 Å². The van der Waals surface area contributed by atoms with Crippen LogP contribution in [0.4, 0.5) is 4.79 Å². The second kappa shape index (κ2) is 10.1. The van der Waals surface area contributed by atoms with Gasteiger partial charge in [0, 0.05) is 18.4 Å². The molecule has 0 bridgehead atoms. The molecule has 0 heterocycles. The number of alkyl carbamates (subject to hydrolysis) is 1. The number of aliphatic carboxylic acids is 1. The number of fused-ring (bicyclic) bond motifs is 3. The number of hydrogen-bond acceptors (Lipinski definition) is 5. The zero-order valence-corrected chi connectivity index (χ0v) is 17.2. The molecule has 0 spiro atoms. The highest BCUT2D eigenvalue weighted by Gasteiger charge is 2.29. The lowest BCUT2D eigenvalue weighted by molar-refractivity contribution is -0.143. The smallest absolute Gasteiger partial charge is 0.407 e. The molecule has 4 N–H and O–H groups in total. The number of aliphatic hydroxyl groups excluding tert-OH is 1. The van der Waals surface area contributed by atoms with E-state index in [1.54, 1.807) is 6.92 Å². The molecular formula is C23H26N2O6. The van der Waals surface area contributed by atoms with Crippen molar-refractivity contribution in [3.05, 3.63) is 59.7 Å². The van der Waals surface area contributed by atoms with E-state index >= 15 is 0 Å². The van der Waals surface area contributed by atoms with Gasteiger partial charge in [-0.15, -0.1) is 0 Å². The van der Waals surface area contributed by atoms with Crippen LogP contribution in [0.25, 0.3) is 11.1 Å². The zero-order chi connectivity index (χ0) is 22.4. The molecule has 0 fully saturated rings. The lowest BCUT2D eigenvalue weighted by Crippen LogP contribution is -2.46. The number of carboxylic acids is 1. The van der Waals surface area contributed by atoms with Crippen LogP contribution in [0.15, 0.2) is 48.5 Å². The van der Waals surface area contributed by atoms with Crippen LogP contribution in [0, 0.1) is 0 Å². The minimum Gasteiger partial charge on any atom is -0.480 e. The van der Waals surface area contributed by atoms with E-state index in [1.807, 2.05) is 36.4 Å². The number of amides is 2. The molecule has 0 saturated carbocycles. The molecule has 164 valence electrons. The minimum atomic E-state index is -1.38. The first-order valence-corrected chi connectivity index (χ1v) is 10.2. The molecule has 2 atom stereocenters. The molecular weight excluding hydrogens is 400 g/mol. The summed E-state index contributed by atoms with van der Waals surface area (Å²) in [5.41, 5.74) is 4.47. The van der Waals surface area contributed by atoms with Crippen molar-refractivity contribution in [3.8, 4) is 11.1 Å². The Morgan fingerprint density at radius 2 is 1.58 bits per heavy atom. The average molecular weight is 426 g/mol. The predicted molar refractivity (Wildman–Crippen MR) is 114 cm³/mol. The summed E-state index contributed by atoms with van der Waals surface area (Å²) in [6.45, 7) is 1.24. The van der Waals surface area contributed by atoms with Crippen LogP contribution >= 0.6 is 0 Å². The SMILES string of the molecule is CC[C@@H](CC(=O)N[C@H](CO)C(=O)O)NC(=O)OCC1c2ccccc2-c2ccccc21. The number of hydrogen-bond donors (Lipinski definition) is 4. The normalized spacial score (nSPS) is 14.1. The molecule has 0 aromatic heterocycles. The number of benzene rings is 2. The standard InChI is InChI=1S/C23H26N2O6/c1-2-14(11-21(27)25-20(12-26)22(28)29)24-23(30)31-13-19-17-9-5-3-7-15(17)16-8-4-6-10-18(16)19/h3-10,14,19-20,26H,2,11-13H2,1H3,(H,24,30)(H,25,27)(H,28,29)/t14-,20+/m0/s1. The van der Waals surface area contributed by atoms with E-state index in [2.05, 4.69) is 22.8 Å². The van der Waals surface area contributed by atoms with Crippen molar-refractivity contribution >= 4 is 18.0 Å². The second-order valence-electron chi connectivity index (χ2n) is 7.42. The topological polar surface area (TPSA) is 125 Å². The first kappa shape index (κ1) is 22.3. The van der Waals surface area contributed by atoms with Gasteiger partial charge in [-0.25, -0.2) is 9.59 Å². The fourth-order valence-electron chi connectivity index (χ4n) is 3.77. The zero-order valence-electron chi connectivity index (χ0n) is 17.2. The third-order valence-electron chi connectivity index (χ3n) is 5.41. The highest BCUT2D eigenvalue weighted by molar-refractivity contribution is 5.84. The summed E-state index contributed by atoms with van der Waals surface area (Å²) in [4.78, 5) is 35.3. The van der Waals surface area contributed by atoms with Crippen molar-refractivity contribution in [3.63, 3.8) is 0 Å². The highest BCUT2D eigenvalue weighted by Crippen LogP contribution is 2.44. The van der Waals surface area contributed by atoms with Crippen molar-refractivity contribution in [2.45, 2.75) is 37.8 Å². The van der Waals surface area contributed by atoms with Crippen LogP contribution in [-0.4, -0.2) is 53.5 Å². The summed E-state index contributed by atoms with van der Waals surface area (Å²) in [7, 11) is 0. The van der Waals surface area contributed by atoms with Gasteiger partial charge in [0.25, 0.3) is 0 Å². The van der Waals surface area contributed by atoms with Crippen LogP contribution < -0.4 is 10.6 Å². The van der Waals surface area contributed by atoms with Gasteiger partial charge in [-0.3, -0.25) is 4.79 Å². The summed E-state index contributed by atoms with van der Waals surface area (Å²) in [6, 6.07) is 14.1. The van der Waals surface area contributed by atoms with Crippen molar-refractivity contribution in [2.24, 2.45) is 0 Å². The van der Waals surface area contributed by atoms with Crippen LogP contribution in [0.1, 0.15) is 36.8 Å². The van der Waals surface area contributed by atoms with Crippen molar-refractivity contribution in [1.29, 1.82) is 0 Å². The molecule has 2 aromatic rings. The second-order valence-corrected chi connectivity index (χ2v) is 7.42. The lowest BCUT2D eigenvalue weighted by Gasteiger charge is -2.19. The number of ether oxygens (including phenoxy) is 1. The maximum absolute atomic E-state index is 12.4. The molecule has 0 aliphatic heterocycles. The van der Waals surface area contributed by atoms with Gasteiger partial charge >= 0.3 is 12.1 Å². The van der Waals surface area contributed by atoms with Gasteiger partial charge in [0.1, 0.15) is 12.6 Å². The van der Waals surface area contributed by atoms with Crippen molar-refractivity contribution in [1.82, 2.24) is 10.6 Å². The summed E-state index contributed by atoms with van der Waals surface area (Å²) < 4.78 is 5.48. The molecule has 0 radical (unpaired) electrons. The number of nitrogens with one attached hydrogen (secondary N) is 2. The maximum Gasteiger partial charge on any atom is 0.407 e. The fourth-order valence-corrected chi connectivity index (χ4v) is 3.77. The summed E-state index contributed by atoms with van der Waals surface area (Å²) in [5.74, 6) is -1.97. The van der Waals surface area contributed by atoms with Crippen LogP contribution in [-0.2, 0) is 14.3 Å².